The average Bonchev–Trinajstić information content (AvgIpc) is 3.79. The van der Waals surface area contributed by atoms with E-state index in [1.165, 1.54) is 81.5 Å². The van der Waals surface area contributed by atoms with Crippen LogP contribution in [0.1, 0.15) is 0 Å². The Morgan fingerprint density at radius 2 is 0.764 bits per heavy atom. The average molecular weight is 699 g/mol. The Bertz CT molecular complexity index is 3420. The summed E-state index contributed by atoms with van der Waals surface area (Å²) >= 11 is 0. The minimum atomic E-state index is 0.644. The van der Waals surface area contributed by atoms with Crippen LogP contribution in [0.25, 0.3) is 116 Å². The van der Waals surface area contributed by atoms with Crippen molar-refractivity contribution in [3.8, 4) is 45.3 Å². The van der Waals surface area contributed by atoms with Gasteiger partial charge in [-0.3, -0.25) is 0 Å². The number of rotatable bonds is 4. The zero-order valence-electron chi connectivity index (χ0n) is 29.6. The van der Waals surface area contributed by atoms with Gasteiger partial charge in [0.2, 0.25) is 0 Å². The van der Waals surface area contributed by atoms with Gasteiger partial charge >= 0.3 is 0 Å². The number of benzene rings is 9. The summed E-state index contributed by atoms with van der Waals surface area (Å²) in [5.74, 6) is 1.95. The summed E-state index contributed by atoms with van der Waals surface area (Å²) in [5, 5.41) is 12.4. The number of aromatic nitrogens is 4. The lowest BCUT2D eigenvalue weighted by Gasteiger charge is -2.16. The monoisotopic (exact) mass is 698 g/mol. The van der Waals surface area contributed by atoms with Gasteiger partial charge in [0.25, 0.3) is 0 Å². The minimum Gasteiger partial charge on any atom is -0.307 e. The maximum Gasteiger partial charge on any atom is 0.164 e. The molecule has 12 rings (SSSR count). The summed E-state index contributed by atoms with van der Waals surface area (Å²) < 4.78 is 2.50. The summed E-state index contributed by atoms with van der Waals surface area (Å²) in [6.07, 6.45) is 0. The second-order valence-electron chi connectivity index (χ2n) is 14.3. The molecular weight excluding hydrogens is 669 g/mol. The van der Waals surface area contributed by atoms with E-state index in [4.69, 9.17) is 15.0 Å². The molecule has 3 heterocycles. The van der Waals surface area contributed by atoms with E-state index in [0.29, 0.717) is 17.5 Å². The van der Waals surface area contributed by atoms with Gasteiger partial charge in [-0.1, -0.05) is 170 Å². The third-order valence-electron chi connectivity index (χ3n) is 11.4. The van der Waals surface area contributed by atoms with E-state index >= 15 is 0 Å². The van der Waals surface area contributed by atoms with E-state index in [0.717, 1.165) is 16.7 Å². The fraction of sp³-hybridized carbons (Fsp3) is 0. The molecule has 3 aromatic heterocycles. The first-order chi connectivity index (χ1) is 27.3. The van der Waals surface area contributed by atoms with Crippen molar-refractivity contribution in [1.82, 2.24) is 19.4 Å². The van der Waals surface area contributed by atoms with Crippen molar-refractivity contribution in [1.29, 1.82) is 0 Å². The predicted octanol–water partition coefficient (Wildman–Crippen LogP) is 13.1. The molecule has 0 bridgehead atoms. The Morgan fingerprint density at radius 1 is 0.291 bits per heavy atom. The van der Waals surface area contributed by atoms with Crippen LogP contribution in [0.15, 0.2) is 182 Å². The van der Waals surface area contributed by atoms with E-state index in [2.05, 4.69) is 150 Å². The molecule has 4 nitrogen and oxygen atoms in total. The van der Waals surface area contributed by atoms with E-state index in [1.807, 2.05) is 36.4 Å². The van der Waals surface area contributed by atoms with Gasteiger partial charge in [-0.2, -0.15) is 0 Å². The fourth-order valence-electron chi connectivity index (χ4n) is 8.99. The summed E-state index contributed by atoms with van der Waals surface area (Å²) in [6.45, 7) is 0. The molecule has 0 fully saturated rings. The molecule has 0 spiro atoms. The van der Waals surface area contributed by atoms with Crippen molar-refractivity contribution in [2.24, 2.45) is 0 Å². The molecular formula is C51H30N4. The van der Waals surface area contributed by atoms with Crippen LogP contribution < -0.4 is 0 Å². The highest BCUT2D eigenvalue weighted by atomic mass is 15.0. The normalized spacial score (nSPS) is 12.0. The van der Waals surface area contributed by atoms with Crippen molar-refractivity contribution >= 4 is 70.4 Å². The van der Waals surface area contributed by atoms with Gasteiger partial charge in [-0.05, 0) is 50.0 Å². The van der Waals surface area contributed by atoms with Crippen LogP contribution in [-0.4, -0.2) is 19.4 Å². The molecule has 0 aliphatic heterocycles. The van der Waals surface area contributed by atoms with Crippen LogP contribution in [0.2, 0.25) is 0 Å². The van der Waals surface area contributed by atoms with Crippen LogP contribution in [0.5, 0.6) is 0 Å². The molecule has 12 aromatic rings. The molecule has 0 amide bonds. The largest absolute Gasteiger partial charge is 0.307 e. The van der Waals surface area contributed by atoms with Crippen LogP contribution in [0.3, 0.4) is 0 Å². The maximum atomic E-state index is 5.12. The zero-order valence-corrected chi connectivity index (χ0v) is 29.6. The molecule has 0 unspecified atom stereocenters. The van der Waals surface area contributed by atoms with Gasteiger partial charge in [0.1, 0.15) is 0 Å². The predicted molar refractivity (Wildman–Crippen MR) is 229 cm³/mol. The lowest BCUT2D eigenvalue weighted by Crippen LogP contribution is -2.00. The molecule has 0 aliphatic rings. The van der Waals surface area contributed by atoms with Crippen LogP contribution in [0.4, 0.5) is 0 Å². The molecule has 0 aliphatic carbocycles. The summed E-state index contributed by atoms with van der Waals surface area (Å²) in [5.41, 5.74) is 9.00. The van der Waals surface area contributed by atoms with Crippen LogP contribution in [0, 0.1) is 0 Å². The number of nitrogens with zero attached hydrogens (tertiary/aromatic N) is 4. The molecule has 0 N–H and O–H groups in total. The van der Waals surface area contributed by atoms with Crippen molar-refractivity contribution in [2.75, 3.05) is 0 Å². The standard InChI is InChI=1S/C51H30N4/c1-3-14-31(15-4-1)49-52-50(32-16-5-2-6-17-32)54-51(53-49)33-28-29-36-34-18-7-8-19-35(34)38-21-11-22-39(46(38)44(36)30-33)41-24-13-26-43-42-25-12-23-40-37-20-9-10-27-45(37)55(47(40)42)48(41)43/h1-30H. The van der Waals surface area contributed by atoms with Gasteiger partial charge < -0.3 is 4.40 Å². The Labute approximate surface area is 316 Å². The minimum absolute atomic E-state index is 0.644. The molecule has 0 saturated carbocycles. The summed E-state index contributed by atoms with van der Waals surface area (Å²) in [6, 6.07) is 65.0. The van der Waals surface area contributed by atoms with Crippen molar-refractivity contribution < 1.29 is 0 Å². The van der Waals surface area contributed by atoms with Crippen LogP contribution in [-0.2, 0) is 0 Å². The van der Waals surface area contributed by atoms with Crippen molar-refractivity contribution in [3.63, 3.8) is 0 Å². The highest BCUT2D eigenvalue weighted by molar-refractivity contribution is 6.31. The first-order valence-corrected chi connectivity index (χ1v) is 18.7. The zero-order chi connectivity index (χ0) is 36.0. The number of para-hydroxylation sites is 3. The van der Waals surface area contributed by atoms with Gasteiger partial charge in [-0.15, -0.1) is 0 Å². The third kappa shape index (κ3) is 4.37. The second-order valence-corrected chi connectivity index (χ2v) is 14.3. The Balaban J connectivity index is 1.19. The summed E-state index contributed by atoms with van der Waals surface area (Å²) in [4.78, 5) is 15.2. The van der Waals surface area contributed by atoms with E-state index in [9.17, 15) is 0 Å². The molecule has 4 heteroatoms. The smallest absolute Gasteiger partial charge is 0.164 e. The van der Waals surface area contributed by atoms with Gasteiger partial charge in [0.15, 0.2) is 17.5 Å². The number of hydrogen-bond donors (Lipinski definition) is 0. The number of hydrogen-bond acceptors (Lipinski definition) is 3. The maximum absolute atomic E-state index is 5.12. The lowest BCUT2D eigenvalue weighted by molar-refractivity contribution is 1.07. The lowest BCUT2D eigenvalue weighted by atomic mass is 9.88. The SMILES string of the molecule is c1ccc(-c2nc(-c3ccccc3)nc(-c3ccc4c5ccccc5c5cccc(-c6cccc7c8cccc9c%10ccccc%10n(c67)c98)c5c4c3)n2)cc1. The quantitative estimate of drug-likeness (QED) is 0.172. The Kier molecular flexibility index (Phi) is 6.31. The van der Waals surface area contributed by atoms with Crippen molar-refractivity contribution in [3.05, 3.63) is 182 Å². The molecule has 0 saturated heterocycles. The molecule has 254 valence electrons. The van der Waals surface area contributed by atoms with Gasteiger partial charge in [-0.25, -0.2) is 15.0 Å². The first-order valence-electron chi connectivity index (χ1n) is 18.7. The topological polar surface area (TPSA) is 43.1 Å². The van der Waals surface area contributed by atoms with Crippen molar-refractivity contribution in [2.45, 2.75) is 0 Å². The molecule has 55 heavy (non-hydrogen) atoms. The first kappa shape index (κ1) is 30.1. The van der Waals surface area contributed by atoms with E-state index < -0.39 is 0 Å². The van der Waals surface area contributed by atoms with E-state index in [1.54, 1.807) is 0 Å². The second kappa shape index (κ2) is 11.5. The highest BCUT2D eigenvalue weighted by Crippen LogP contribution is 2.46. The Morgan fingerprint density at radius 3 is 1.45 bits per heavy atom. The van der Waals surface area contributed by atoms with Gasteiger partial charge in [0, 0.05) is 43.8 Å². The van der Waals surface area contributed by atoms with Crippen LogP contribution >= 0.6 is 0 Å². The Hall–Kier alpha value is -7.43. The summed E-state index contributed by atoms with van der Waals surface area (Å²) in [7, 11) is 0. The van der Waals surface area contributed by atoms with E-state index in [-0.39, 0.29) is 0 Å². The molecule has 0 radical (unpaired) electrons. The molecule has 0 atom stereocenters. The highest BCUT2D eigenvalue weighted by Gasteiger charge is 2.22. The fourth-order valence-corrected chi connectivity index (χ4v) is 8.99. The third-order valence-corrected chi connectivity index (χ3v) is 11.4. The number of fused-ring (bicyclic) bond motifs is 12. The van der Waals surface area contributed by atoms with Gasteiger partial charge in [0.05, 0.1) is 16.6 Å². The molecule has 9 aromatic carbocycles.